The Bertz CT molecular complexity index is 377. The molecule has 0 aromatic heterocycles. The third kappa shape index (κ3) is 3.11. The van der Waals surface area contributed by atoms with E-state index in [2.05, 4.69) is 6.92 Å². The lowest BCUT2D eigenvalue weighted by Gasteiger charge is -2.35. The van der Waals surface area contributed by atoms with Crippen molar-refractivity contribution in [3.8, 4) is 0 Å². The van der Waals surface area contributed by atoms with Crippen LogP contribution in [0.2, 0.25) is 0 Å². The summed E-state index contributed by atoms with van der Waals surface area (Å²) in [4.78, 5) is 0. The Morgan fingerprint density at radius 1 is 1.22 bits per heavy atom. The van der Waals surface area contributed by atoms with E-state index < -0.39 is 0 Å². The minimum Gasteiger partial charge on any atom is -0.330 e. The van der Waals surface area contributed by atoms with Crippen LogP contribution in [0.5, 0.6) is 0 Å². The third-order valence-electron chi connectivity index (χ3n) is 4.57. The molecule has 18 heavy (non-hydrogen) atoms. The van der Waals surface area contributed by atoms with Gasteiger partial charge in [0.05, 0.1) is 0 Å². The molecule has 0 aliphatic heterocycles. The monoisotopic (exact) mass is 249 g/mol. The highest BCUT2D eigenvalue weighted by atomic mass is 19.1. The first-order valence-electron chi connectivity index (χ1n) is 7.18. The molecule has 0 amide bonds. The summed E-state index contributed by atoms with van der Waals surface area (Å²) in [5.74, 6) is 1.88. The second-order valence-electron chi connectivity index (χ2n) is 5.64. The molecule has 3 unspecified atom stereocenters. The molecule has 0 bridgehead atoms. The Morgan fingerprint density at radius 3 is 2.67 bits per heavy atom. The fourth-order valence-electron chi connectivity index (χ4n) is 3.30. The summed E-state index contributed by atoms with van der Waals surface area (Å²) >= 11 is 0. The number of halogens is 1. The molecule has 1 aliphatic rings. The smallest absolute Gasteiger partial charge is 0.126 e. The highest BCUT2D eigenvalue weighted by Crippen LogP contribution is 2.37. The molecule has 0 heterocycles. The van der Waals surface area contributed by atoms with Gasteiger partial charge < -0.3 is 5.73 Å². The van der Waals surface area contributed by atoms with Gasteiger partial charge in [-0.3, -0.25) is 0 Å². The number of nitrogens with two attached hydrogens (primary N) is 1. The summed E-state index contributed by atoms with van der Waals surface area (Å²) in [6, 6.07) is 7.16. The van der Waals surface area contributed by atoms with Gasteiger partial charge in [0, 0.05) is 0 Å². The van der Waals surface area contributed by atoms with Crippen LogP contribution in [0.15, 0.2) is 24.3 Å². The van der Waals surface area contributed by atoms with Gasteiger partial charge in [-0.15, -0.1) is 0 Å². The van der Waals surface area contributed by atoms with Crippen molar-refractivity contribution in [2.24, 2.45) is 23.5 Å². The Kier molecular flexibility index (Phi) is 4.76. The minimum absolute atomic E-state index is 0.0631. The third-order valence-corrected chi connectivity index (χ3v) is 4.57. The number of hydrogen-bond donors (Lipinski definition) is 1. The zero-order chi connectivity index (χ0) is 13.0. The molecule has 1 fully saturated rings. The van der Waals surface area contributed by atoms with Crippen LogP contribution in [-0.2, 0) is 6.42 Å². The summed E-state index contributed by atoms with van der Waals surface area (Å²) in [7, 11) is 0. The quantitative estimate of drug-likeness (QED) is 0.863. The first-order valence-corrected chi connectivity index (χ1v) is 7.18. The van der Waals surface area contributed by atoms with Crippen molar-refractivity contribution in [2.75, 3.05) is 6.54 Å². The Labute approximate surface area is 110 Å². The maximum Gasteiger partial charge on any atom is 0.126 e. The van der Waals surface area contributed by atoms with Gasteiger partial charge in [0.15, 0.2) is 0 Å². The van der Waals surface area contributed by atoms with Crippen molar-refractivity contribution >= 4 is 0 Å². The largest absolute Gasteiger partial charge is 0.330 e. The molecule has 2 N–H and O–H groups in total. The minimum atomic E-state index is -0.0631. The van der Waals surface area contributed by atoms with Crippen LogP contribution >= 0.6 is 0 Å². The SMILES string of the molecule is CCC1CCC(CN)C(Cc2ccccc2F)C1. The molecule has 1 nitrogen and oxygen atoms in total. The summed E-state index contributed by atoms with van der Waals surface area (Å²) in [5.41, 5.74) is 6.74. The molecule has 0 radical (unpaired) electrons. The zero-order valence-electron chi connectivity index (χ0n) is 11.2. The highest BCUT2D eigenvalue weighted by molar-refractivity contribution is 5.18. The van der Waals surface area contributed by atoms with Crippen LogP contribution in [0, 0.1) is 23.6 Å². The average Bonchev–Trinajstić information content (AvgIpc) is 2.41. The lowest BCUT2D eigenvalue weighted by Crippen LogP contribution is -2.31. The van der Waals surface area contributed by atoms with Gasteiger partial charge in [-0.1, -0.05) is 38.0 Å². The molecule has 0 spiro atoms. The fraction of sp³-hybridized carbons (Fsp3) is 0.625. The first-order chi connectivity index (χ1) is 8.74. The van der Waals surface area contributed by atoms with Crippen LogP contribution in [0.1, 0.15) is 38.2 Å². The molecule has 0 saturated heterocycles. The normalized spacial score (nSPS) is 28.3. The van der Waals surface area contributed by atoms with Crippen molar-refractivity contribution < 1.29 is 4.39 Å². The summed E-state index contributed by atoms with van der Waals surface area (Å²) in [6.07, 6.45) is 5.82. The van der Waals surface area contributed by atoms with Gasteiger partial charge in [-0.05, 0) is 55.2 Å². The van der Waals surface area contributed by atoms with E-state index in [0.717, 1.165) is 24.4 Å². The predicted molar refractivity (Wildman–Crippen MR) is 73.8 cm³/mol. The average molecular weight is 249 g/mol. The number of hydrogen-bond acceptors (Lipinski definition) is 1. The van der Waals surface area contributed by atoms with Crippen molar-refractivity contribution in [1.29, 1.82) is 0 Å². The second kappa shape index (κ2) is 6.33. The van der Waals surface area contributed by atoms with E-state index in [4.69, 9.17) is 5.73 Å². The van der Waals surface area contributed by atoms with Crippen LogP contribution in [0.3, 0.4) is 0 Å². The lowest BCUT2D eigenvalue weighted by atomic mass is 9.71. The van der Waals surface area contributed by atoms with E-state index in [-0.39, 0.29) is 5.82 Å². The summed E-state index contributed by atoms with van der Waals surface area (Å²) in [5, 5.41) is 0. The van der Waals surface area contributed by atoms with Gasteiger partial charge in [-0.25, -0.2) is 4.39 Å². The fourth-order valence-corrected chi connectivity index (χ4v) is 3.30. The van der Waals surface area contributed by atoms with E-state index in [0.29, 0.717) is 11.8 Å². The highest BCUT2D eigenvalue weighted by Gasteiger charge is 2.29. The van der Waals surface area contributed by atoms with Gasteiger partial charge >= 0.3 is 0 Å². The van der Waals surface area contributed by atoms with Crippen molar-refractivity contribution in [2.45, 2.75) is 39.0 Å². The van der Waals surface area contributed by atoms with E-state index in [9.17, 15) is 4.39 Å². The molecule has 1 aromatic rings. The van der Waals surface area contributed by atoms with E-state index in [1.807, 2.05) is 12.1 Å². The van der Waals surface area contributed by atoms with Gasteiger partial charge in [-0.2, -0.15) is 0 Å². The second-order valence-corrected chi connectivity index (χ2v) is 5.64. The molecule has 1 saturated carbocycles. The Morgan fingerprint density at radius 2 is 2.00 bits per heavy atom. The molecule has 1 aromatic carbocycles. The lowest BCUT2D eigenvalue weighted by molar-refractivity contribution is 0.179. The molecular formula is C16H24FN. The zero-order valence-corrected chi connectivity index (χ0v) is 11.2. The molecule has 2 rings (SSSR count). The van der Waals surface area contributed by atoms with Crippen molar-refractivity contribution in [3.63, 3.8) is 0 Å². The molecule has 3 atom stereocenters. The number of benzene rings is 1. The molecule has 2 heteroatoms. The number of rotatable bonds is 4. The Hall–Kier alpha value is -0.890. The van der Waals surface area contributed by atoms with E-state index >= 15 is 0 Å². The Balaban J connectivity index is 2.07. The van der Waals surface area contributed by atoms with Gasteiger partial charge in [0.2, 0.25) is 0 Å². The predicted octanol–water partition coefficient (Wildman–Crippen LogP) is 3.77. The van der Waals surface area contributed by atoms with Crippen molar-refractivity contribution in [3.05, 3.63) is 35.6 Å². The van der Waals surface area contributed by atoms with Gasteiger partial charge in [0.25, 0.3) is 0 Å². The maximum atomic E-state index is 13.7. The van der Waals surface area contributed by atoms with Crippen molar-refractivity contribution in [1.82, 2.24) is 0 Å². The first kappa shape index (κ1) is 13.5. The van der Waals surface area contributed by atoms with Crippen LogP contribution in [0.25, 0.3) is 0 Å². The maximum absolute atomic E-state index is 13.7. The van der Waals surface area contributed by atoms with Crippen LogP contribution in [-0.4, -0.2) is 6.54 Å². The molecule has 1 aliphatic carbocycles. The standard InChI is InChI=1S/C16H24FN/c1-2-12-7-8-14(11-18)15(9-12)10-13-5-3-4-6-16(13)17/h3-6,12,14-15H,2,7-11,18H2,1H3. The summed E-state index contributed by atoms with van der Waals surface area (Å²) in [6.45, 7) is 3.00. The van der Waals surface area contributed by atoms with Crippen LogP contribution < -0.4 is 5.73 Å². The van der Waals surface area contributed by atoms with E-state index in [1.165, 1.54) is 25.7 Å². The van der Waals surface area contributed by atoms with E-state index in [1.54, 1.807) is 12.1 Å². The summed E-state index contributed by atoms with van der Waals surface area (Å²) < 4.78 is 13.7. The molecular weight excluding hydrogens is 225 g/mol. The topological polar surface area (TPSA) is 26.0 Å². The van der Waals surface area contributed by atoms with Gasteiger partial charge in [0.1, 0.15) is 5.82 Å². The van der Waals surface area contributed by atoms with Crippen LogP contribution in [0.4, 0.5) is 4.39 Å². The molecule has 100 valence electrons.